The van der Waals surface area contributed by atoms with E-state index in [-0.39, 0.29) is 23.8 Å². The summed E-state index contributed by atoms with van der Waals surface area (Å²) in [7, 11) is 3.62. The van der Waals surface area contributed by atoms with E-state index in [1.54, 1.807) is 0 Å². The molecule has 2 saturated heterocycles. The van der Waals surface area contributed by atoms with E-state index in [0.29, 0.717) is 6.04 Å². The van der Waals surface area contributed by atoms with Crippen molar-refractivity contribution in [1.82, 2.24) is 4.90 Å². The summed E-state index contributed by atoms with van der Waals surface area (Å²) in [5.41, 5.74) is 7.78. The average molecular weight is 353 g/mol. The molecule has 0 saturated carbocycles. The van der Waals surface area contributed by atoms with Crippen molar-refractivity contribution in [2.75, 3.05) is 19.9 Å². The molecule has 3 rings (SSSR count). The van der Waals surface area contributed by atoms with E-state index in [9.17, 15) is 4.79 Å². The van der Waals surface area contributed by atoms with Crippen molar-refractivity contribution in [1.29, 1.82) is 0 Å². The lowest BCUT2D eigenvalue weighted by atomic mass is 9.76. The largest absolute Gasteiger partial charge is 0.469 e. The summed E-state index contributed by atoms with van der Waals surface area (Å²) in [6, 6.07) is 6.87. The van der Waals surface area contributed by atoms with Gasteiger partial charge in [0.15, 0.2) is 0 Å². The number of carbonyl (C=O) groups excluding carboxylic acids is 1. The Morgan fingerprint density at radius 3 is 2.86 bits per heavy atom. The highest BCUT2D eigenvalue weighted by atomic mass is 79.9. The summed E-state index contributed by atoms with van der Waals surface area (Å²) < 4.78 is 5.99. The van der Waals surface area contributed by atoms with Gasteiger partial charge in [-0.25, -0.2) is 0 Å². The number of rotatable bonds is 2. The number of halogens is 1. The molecule has 2 aliphatic heterocycles. The molecule has 0 aliphatic carbocycles. The zero-order valence-electron chi connectivity index (χ0n) is 12.4. The molecule has 1 aromatic carbocycles. The van der Waals surface area contributed by atoms with Crippen LogP contribution < -0.4 is 5.73 Å². The van der Waals surface area contributed by atoms with Crippen LogP contribution >= 0.6 is 15.9 Å². The Morgan fingerprint density at radius 2 is 2.19 bits per heavy atom. The molecule has 1 aromatic rings. The van der Waals surface area contributed by atoms with Crippen LogP contribution in [0.3, 0.4) is 0 Å². The Hall–Kier alpha value is -1.07. The van der Waals surface area contributed by atoms with Crippen LogP contribution in [0.2, 0.25) is 0 Å². The number of nitrogens with zero attached hydrogens (tertiary/aromatic N) is 1. The topological polar surface area (TPSA) is 55.6 Å². The predicted molar refractivity (Wildman–Crippen MR) is 86.0 cm³/mol. The summed E-state index contributed by atoms with van der Waals surface area (Å²) in [6.45, 7) is 0. The van der Waals surface area contributed by atoms with Gasteiger partial charge >= 0.3 is 5.97 Å². The second-order valence-electron chi connectivity index (χ2n) is 6.14. The third-order valence-electron chi connectivity index (χ3n) is 5.19. The molecule has 4 atom stereocenters. The highest BCUT2D eigenvalue weighted by Crippen LogP contribution is 2.47. The van der Waals surface area contributed by atoms with Crippen molar-refractivity contribution >= 4 is 27.6 Å². The monoisotopic (exact) mass is 352 g/mol. The van der Waals surface area contributed by atoms with Crippen LogP contribution in [-0.4, -0.2) is 37.1 Å². The molecule has 2 N–H and O–H groups in total. The second kappa shape index (κ2) is 5.61. The highest BCUT2D eigenvalue weighted by molar-refractivity contribution is 9.10. The van der Waals surface area contributed by atoms with Crippen LogP contribution in [0.4, 0.5) is 5.69 Å². The fourth-order valence-corrected chi connectivity index (χ4v) is 4.44. The van der Waals surface area contributed by atoms with Crippen LogP contribution in [0.1, 0.15) is 30.7 Å². The van der Waals surface area contributed by atoms with E-state index in [1.807, 2.05) is 12.1 Å². The van der Waals surface area contributed by atoms with E-state index in [2.05, 4.69) is 33.9 Å². The van der Waals surface area contributed by atoms with Gasteiger partial charge in [-0.2, -0.15) is 0 Å². The lowest BCUT2D eigenvalue weighted by Gasteiger charge is -2.41. The van der Waals surface area contributed by atoms with Gasteiger partial charge in [0.1, 0.15) is 0 Å². The molecule has 0 aromatic heterocycles. The fraction of sp³-hybridized carbons (Fsp3) is 0.562. The first-order chi connectivity index (χ1) is 10.0. The average Bonchev–Trinajstić information content (AvgIpc) is 2.72. The summed E-state index contributed by atoms with van der Waals surface area (Å²) in [5, 5.41) is 0. The van der Waals surface area contributed by atoms with Crippen molar-refractivity contribution in [3.8, 4) is 0 Å². The number of nitrogens with two attached hydrogens (primary N) is 1. The minimum Gasteiger partial charge on any atom is -0.469 e. The van der Waals surface area contributed by atoms with Gasteiger partial charge in [0, 0.05) is 28.2 Å². The Balaban J connectivity index is 1.98. The van der Waals surface area contributed by atoms with Crippen molar-refractivity contribution < 1.29 is 9.53 Å². The number of anilines is 1. The van der Waals surface area contributed by atoms with Gasteiger partial charge in [-0.3, -0.25) is 9.69 Å². The molecule has 5 heteroatoms. The maximum atomic E-state index is 12.4. The summed E-state index contributed by atoms with van der Waals surface area (Å²) in [6.07, 6.45) is 3.25. The van der Waals surface area contributed by atoms with Gasteiger partial charge in [0.25, 0.3) is 0 Å². The molecule has 2 aliphatic rings. The number of benzene rings is 1. The lowest BCUT2D eigenvalue weighted by molar-refractivity contribution is -0.150. The van der Waals surface area contributed by atoms with E-state index in [4.69, 9.17) is 10.5 Å². The van der Waals surface area contributed by atoms with Crippen molar-refractivity contribution in [3.05, 3.63) is 28.2 Å². The zero-order chi connectivity index (χ0) is 15.1. The molecule has 0 amide bonds. The molecule has 2 bridgehead atoms. The van der Waals surface area contributed by atoms with Gasteiger partial charge in [-0.15, -0.1) is 0 Å². The molecule has 21 heavy (non-hydrogen) atoms. The first-order valence-corrected chi connectivity index (χ1v) is 8.17. The van der Waals surface area contributed by atoms with Crippen molar-refractivity contribution in [2.45, 2.75) is 37.3 Å². The quantitative estimate of drug-likeness (QED) is 0.656. The number of carbonyl (C=O) groups is 1. The minimum absolute atomic E-state index is 0.0886. The Morgan fingerprint density at radius 1 is 1.43 bits per heavy atom. The maximum absolute atomic E-state index is 12.4. The molecule has 4 nitrogen and oxygen atoms in total. The summed E-state index contributed by atoms with van der Waals surface area (Å²) in [4.78, 5) is 14.7. The molecule has 0 radical (unpaired) electrons. The van der Waals surface area contributed by atoms with Crippen LogP contribution in [0, 0.1) is 5.92 Å². The van der Waals surface area contributed by atoms with Gasteiger partial charge < -0.3 is 10.5 Å². The predicted octanol–water partition coefficient (Wildman–Crippen LogP) is 2.77. The maximum Gasteiger partial charge on any atom is 0.310 e. The number of hydrogen-bond donors (Lipinski definition) is 1. The lowest BCUT2D eigenvalue weighted by Crippen LogP contribution is -2.49. The van der Waals surface area contributed by atoms with Crippen LogP contribution in [-0.2, 0) is 9.53 Å². The third-order valence-corrected chi connectivity index (χ3v) is 5.88. The molecule has 2 unspecified atom stereocenters. The molecular weight excluding hydrogens is 332 g/mol. The minimum atomic E-state index is -0.0925. The molecule has 114 valence electrons. The standard InChI is InChI=1S/C16H21BrN2O2/c1-19-10-4-6-14(19)15(16(20)21-2)11(8-10)9-3-5-13(18)12(17)7-9/h3,5,7,10-11,14-15H,4,6,8,18H2,1-2H3/t10?,11-,14?,15+/m1/s1. The van der Waals surface area contributed by atoms with Gasteiger partial charge in [-0.1, -0.05) is 6.07 Å². The van der Waals surface area contributed by atoms with E-state index < -0.39 is 0 Å². The van der Waals surface area contributed by atoms with Gasteiger partial charge in [0.2, 0.25) is 0 Å². The van der Waals surface area contributed by atoms with Crippen LogP contribution in [0.25, 0.3) is 0 Å². The number of nitrogen functional groups attached to an aromatic ring is 1. The molecule has 2 heterocycles. The highest BCUT2D eigenvalue weighted by Gasteiger charge is 2.49. The molecule has 2 fully saturated rings. The number of hydrogen-bond acceptors (Lipinski definition) is 4. The smallest absolute Gasteiger partial charge is 0.310 e. The molecular formula is C16H21BrN2O2. The first-order valence-electron chi connectivity index (χ1n) is 7.37. The number of ether oxygens (including phenoxy) is 1. The second-order valence-corrected chi connectivity index (χ2v) is 6.99. The fourth-order valence-electron chi connectivity index (χ4n) is 4.04. The summed E-state index contributed by atoms with van der Waals surface area (Å²) >= 11 is 3.49. The number of piperidine rings is 1. The van der Waals surface area contributed by atoms with E-state index >= 15 is 0 Å². The number of fused-ring (bicyclic) bond motifs is 2. The Bertz CT molecular complexity index is 563. The summed E-state index contributed by atoms with van der Waals surface area (Å²) in [5.74, 6) is 0.0301. The zero-order valence-corrected chi connectivity index (χ0v) is 14.0. The van der Waals surface area contributed by atoms with Crippen LogP contribution in [0.15, 0.2) is 22.7 Å². The van der Waals surface area contributed by atoms with E-state index in [1.165, 1.54) is 19.1 Å². The number of esters is 1. The van der Waals surface area contributed by atoms with Crippen molar-refractivity contribution in [3.63, 3.8) is 0 Å². The van der Waals surface area contributed by atoms with Gasteiger partial charge in [0.05, 0.1) is 13.0 Å². The Labute approximate surface area is 133 Å². The Kier molecular flexibility index (Phi) is 3.97. The normalized spacial score (nSPS) is 32.1. The third kappa shape index (κ3) is 2.46. The first kappa shape index (κ1) is 14.9. The van der Waals surface area contributed by atoms with Gasteiger partial charge in [-0.05, 0) is 59.9 Å². The van der Waals surface area contributed by atoms with E-state index in [0.717, 1.165) is 23.0 Å². The van der Waals surface area contributed by atoms with Crippen LogP contribution in [0.5, 0.6) is 0 Å². The van der Waals surface area contributed by atoms with Crippen molar-refractivity contribution in [2.24, 2.45) is 5.92 Å². The number of methoxy groups -OCH3 is 1. The SMILES string of the molecule is COC(=O)[C@@H]1C2CCC(C[C@@H]1c1ccc(N)c(Br)c1)N2C. The molecule has 0 spiro atoms.